The van der Waals surface area contributed by atoms with E-state index in [1.807, 2.05) is 6.92 Å². The Balaban J connectivity index is 2.16. The van der Waals surface area contributed by atoms with E-state index in [1.165, 1.54) is 12.5 Å². The van der Waals surface area contributed by atoms with E-state index < -0.39 is 5.60 Å². The van der Waals surface area contributed by atoms with Crippen molar-refractivity contribution >= 4 is 11.6 Å². The lowest BCUT2D eigenvalue weighted by atomic mass is 9.75. The highest BCUT2D eigenvalue weighted by Crippen LogP contribution is 2.36. The first-order valence-corrected chi connectivity index (χ1v) is 7.04. The van der Waals surface area contributed by atoms with Gasteiger partial charge in [-0.1, -0.05) is 36.9 Å². The molecule has 1 N–H and O–H groups in total. The first-order valence-electron chi connectivity index (χ1n) is 6.66. The molecule has 1 fully saturated rings. The molecule has 0 amide bonds. The van der Waals surface area contributed by atoms with Crippen LogP contribution in [0.5, 0.6) is 0 Å². The maximum absolute atomic E-state index is 13.8. The summed E-state index contributed by atoms with van der Waals surface area (Å²) in [5, 5.41) is 11.0. The van der Waals surface area contributed by atoms with Crippen molar-refractivity contribution in [1.82, 2.24) is 0 Å². The molecule has 1 aliphatic rings. The summed E-state index contributed by atoms with van der Waals surface area (Å²) in [6.45, 7) is 1.81. The van der Waals surface area contributed by atoms with Crippen LogP contribution >= 0.6 is 11.6 Å². The lowest BCUT2D eigenvalue weighted by Gasteiger charge is -2.36. The van der Waals surface area contributed by atoms with Gasteiger partial charge in [-0.25, -0.2) is 4.39 Å². The van der Waals surface area contributed by atoms with Crippen molar-refractivity contribution in [3.05, 3.63) is 34.6 Å². The summed E-state index contributed by atoms with van der Waals surface area (Å²) in [6.07, 6.45) is 5.91. The van der Waals surface area contributed by atoms with E-state index in [0.29, 0.717) is 17.0 Å². The van der Waals surface area contributed by atoms with Gasteiger partial charge in [0.15, 0.2) is 0 Å². The van der Waals surface area contributed by atoms with Crippen LogP contribution in [0.2, 0.25) is 5.02 Å². The fourth-order valence-electron chi connectivity index (χ4n) is 2.93. The monoisotopic (exact) mass is 270 g/mol. The van der Waals surface area contributed by atoms with Gasteiger partial charge in [-0.2, -0.15) is 0 Å². The van der Waals surface area contributed by atoms with Crippen LogP contribution in [0.4, 0.5) is 4.39 Å². The number of hydrogen-bond acceptors (Lipinski definition) is 1. The summed E-state index contributed by atoms with van der Waals surface area (Å²) in [7, 11) is 0. The predicted molar refractivity (Wildman–Crippen MR) is 72.3 cm³/mol. The van der Waals surface area contributed by atoms with Crippen molar-refractivity contribution in [1.29, 1.82) is 0 Å². The highest BCUT2D eigenvalue weighted by atomic mass is 35.5. The van der Waals surface area contributed by atoms with Crippen molar-refractivity contribution in [3.8, 4) is 0 Å². The molecule has 1 atom stereocenters. The van der Waals surface area contributed by atoms with E-state index in [1.54, 1.807) is 12.1 Å². The SMILES string of the molecule is CC(O)(Cc1c(F)cccc1Cl)C1CCCCC1. The maximum Gasteiger partial charge on any atom is 0.127 e. The molecular weight excluding hydrogens is 251 g/mol. The third kappa shape index (κ3) is 3.04. The molecular formula is C15H20ClFO. The zero-order valence-corrected chi connectivity index (χ0v) is 11.5. The Bertz CT molecular complexity index is 391. The summed E-state index contributed by atoms with van der Waals surface area (Å²) >= 11 is 6.02. The molecule has 0 radical (unpaired) electrons. The van der Waals surface area contributed by atoms with Crippen LogP contribution in [-0.2, 0) is 6.42 Å². The molecule has 0 heterocycles. The highest BCUT2D eigenvalue weighted by molar-refractivity contribution is 6.31. The van der Waals surface area contributed by atoms with Crippen LogP contribution < -0.4 is 0 Å². The molecule has 0 aliphatic heterocycles. The van der Waals surface area contributed by atoms with Gasteiger partial charge in [-0.05, 0) is 37.8 Å². The summed E-state index contributed by atoms with van der Waals surface area (Å²) in [4.78, 5) is 0. The van der Waals surface area contributed by atoms with Crippen molar-refractivity contribution < 1.29 is 9.50 Å². The van der Waals surface area contributed by atoms with Gasteiger partial charge in [0, 0.05) is 17.0 Å². The van der Waals surface area contributed by atoms with E-state index in [4.69, 9.17) is 11.6 Å². The van der Waals surface area contributed by atoms with Crippen LogP contribution in [0, 0.1) is 11.7 Å². The van der Waals surface area contributed by atoms with E-state index in [-0.39, 0.29) is 11.7 Å². The van der Waals surface area contributed by atoms with Crippen molar-refractivity contribution in [3.63, 3.8) is 0 Å². The molecule has 100 valence electrons. The van der Waals surface area contributed by atoms with Crippen molar-refractivity contribution in [2.45, 2.75) is 51.0 Å². The van der Waals surface area contributed by atoms with Gasteiger partial charge in [0.25, 0.3) is 0 Å². The average molecular weight is 271 g/mol. The topological polar surface area (TPSA) is 20.2 Å². The second-order valence-corrected chi connectivity index (χ2v) is 5.98. The van der Waals surface area contributed by atoms with Gasteiger partial charge >= 0.3 is 0 Å². The maximum atomic E-state index is 13.8. The number of rotatable bonds is 3. The minimum Gasteiger partial charge on any atom is -0.390 e. The van der Waals surface area contributed by atoms with Gasteiger partial charge in [0.1, 0.15) is 5.82 Å². The zero-order chi connectivity index (χ0) is 13.2. The lowest BCUT2D eigenvalue weighted by Crippen LogP contribution is -2.38. The molecule has 1 saturated carbocycles. The fraction of sp³-hybridized carbons (Fsp3) is 0.600. The minimum absolute atomic E-state index is 0.252. The molecule has 1 nitrogen and oxygen atoms in total. The van der Waals surface area contributed by atoms with Gasteiger partial charge < -0.3 is 5.11 Å². The van der Waals surface area contributed by atoms with Crippen LogP contribution in [0.1, 0.15) is 44.6 Å². The molecule has 0 spiro atoms. The summed E-state index contributed by atoms with van der Waals surface area (Å²) < 4.78 is 13.8. The molecule has 3 heteroatoms. The van der Waals surface area contributed by atoms with Crippen LogP contribution in [0.15, 0.2) is 18.2 Å². The summed E-state index contributed by atoms with van der Waals surface area (Å²) in [5.74, 6) is -0.0690. The summed E-state index contributed by atoms with van der Waals surface area (Å²) in [5.41, 5.74) is -0.429. The Morgan fingerprint density at radius 1 is 1.33 bits per heavy atom. The Morgan fingerprint density at radius 3 is 2.61 bits per heavy atom. The first-order chi connectivity index (χ1) is 8.50. The molecule has 1 aliphatic carbocycles. The van der Waals surface area contributed by atoms with Crippen LogP contribution in [-0.4, -0.2) is 10.7 Å². The predicted octanol–water partition coefficient (Wildman–Crippen LogP) is 4.35. The van der Waals surface area contributed by atoms with Gasteiger partial charge in [-0.3, -0.25) is 0 Å². The molecule has 0 bridgehead atoms. The van der Waals surface area contributed by atoms with E-state index in [9.17, 15) is 9.50 Å². The molecule has 18 heavy (non-hydrogen) atoms. The highest BCUT2D eigenvalue weighted by Gasteiger charge is 2.34. The molecule has 0 aromatic heterocycles. The van der Waals surface area contributed by atoms with Gasteiger partial charge in [-0.15, -0.1) is 0 Å². The van der Waals surface area contributed by atoms with E-state index >= 15 is 0 Å². The first kappa shape index (κ1) is 13.8. The fourth-order valence-corrected chi connectivity index (χ4v) is 3.16. The Kier molecular flexibility index (Phi) is 4.29. The normalized spacial score (nSPS) is 20.7. The van der Waals surface area contributed by atoms with Crippen molar-refractivity contribution in [2.75, 3.05) is 0 Å². The molecule has 1 unspecified atom stereocenters. The van der Waals surface area contributed by atoms with E-state index in [2.05, 4.69) is 0 Å². The minimum atomic E-state index is -0.869. The molecule has 2 rings (SSSR count). The zero-order valence-electron chi connectivity index (χ0n) is 10.8. The number of aliphatic hydroxyl groups is 1. The Morgan fingerprint density at radius 2 is 2.00 bits per heavy atom. The third-order valence-electron chi connectivity index (χ3n) is 4.08. The summed E-state index contributed by atoms with van der Waals surface area (Å²) in [6, 6.07) is 4.67. The molecule has 1 aromatic carbocycles. The average Bonchev–Trinajstić information content (AvgIpc) is 2.35. The Hall–Kier alpha value is -0.600. The quantitative estimate of drug-likeness (QED) is 0.866. The van der Waals surface area contributed by atoms with Gasteiger partial charge in [0.05, 0.1) is 5.60 Å². The molecule has 0 saturated heterocycles. The second kappa shape index (κ2) is 5.58. The number of halogens is 2. The standard InChI is InChI=1S/C15H20ClFO/c1-15(18,11-6-3-2-4-7-11)10-12-13(16)8-5-9-14(12)17/h5,8-9,11,18H,2-4,6-7,10H2,1H3. The van der Waals surface area contributed by atoms with Crippen molar-refractivity contribution in [2.24, 2.45) is 5.92 Å². The second-order valence-electron chi connectivity index (χ2n) is 5.57. The third-order valence-corrected chi connectivity index (χ3v) is 4.44. The number of benzene rings is 1. The van der Waals surface area contributed by atoms with Gasteiger partial charge in [0.2, 0.25) is 0 Å². The van der Waals surface area contributed by atoms with Crippen LogP contribution in [0.3, 0.4) is 0 Å². The Labute approximate surface area is 113 Å². The number of hydrogen-bond donors (Lipinski definition) is 1. The molecule has 1 aromatic rings. The smallest absolute Gasteiger partial charge is 0.127 e. The van der Waals surface area contributed by atoms with Crippen LogP contribution in [0.25, 0.3) is 0 Å². The van der Waals surface area contributed by atoms with E-state index in [0.717, 1.165) is 25.7 Å². The largest absolute Gasteiger partial charge is 0.390 e. The lowest BCUT2D eigenvalue weighted by molar-refractivity contribution is -0.0165.